The third-order valence-corrected chi connectivity index (χ3v) is 5.11. The molecule has 3 heterocycles. The Bertz CT molecular complexity index is 1430. The molecule has 0 aliphatic rings. The highest BCUT2D eigenvalue weighted by atomic mass is 19.1. The second-order valence-electron chi connectivity index (χ2n) is 7.07. The molecule has 2 aromatic carbocycles. The van der Waals surface area contributed by atoms with Gasteiger partial charge in [-0.1, -0.05) is 30.3 Å². The number of pyridine rings is 1. The van der Waals surface area contributed by atoms with E-state index in [1.54, 1.807) is 24.4 Å². The molecule has 0 N–H and O–H groups in total. The summed E-state index contributed by atoms with van der Waals surface area (Å²) < 4.78 is 18.4. The zero-order chi connectivity index (χ0) is 20.0. The zero-order valence-electron chi connectivity index (χ0n) is 15.7. The van der Waals surface area contributed by atoms with Gasteiger partial charge in [-0.3, -0.25) is 9.36 Å². The molecule has 0 aliphatic heterocycles. The standard InChI is InChI=1S/C23H17FN4O/c1-27-12-16-4-2-5-18(19(16)14-27)15-7-8-17(20(24)10-15)13-28-22(29)11-26-21-6-3-9-25-23(21)28/h2-12,14H,13H2,1H3. The highest BCUT2D eigenvalue weighted by molar-refractivity contribution is 5.96. The van der Waals surface area contributed by atoms with Crippen molar-refractivity contribution < 1.29 is 4.39 Å². The second-order valence-corrected chi connectivity index (χ2v) is 7.07. The summed E-state index contributed by atoms with van der Waals surface area (Å²) in [6.45, 7) is 0.0938. The van der Waals surface area contributed by atoms with Gasteiger partial charge in [-0.05, 0) is 34.7 Å². The van der Waals surface area contributed by atoms with Crippen LogP contribution in [0.3, 0.4) is 0 Å². The maximum atomic E-state index is 15.0. The van der Waals surface area contributed by atoms with Crippen molar-refractivity contribution in [2.24, 2.45) is 7.05 Å². The minimum Gasteiger partial charge on any atom is -0.356 e. The predicted octanol–water partition coefficient (Wildman–Crippen LogP) is 4.14. The van der Waals surface area contributed by atoms with Crippen LogP contribution in [0.1, 0.15) is 5.56 Å². The monoisotopic (exact) mass is 384 g/mol. The van der Waals surface area contributed by atoms with Crippen LogP contribution in [0, 0.1) is 5.82 Å². The number of benzene rings is 2. The molecule has 0 fully saturated rings. The molecular weight excluding hydrogens is 367 g/mol. The molecule has 0 saturated heterocycles. The van der Waals surface area contributed by atoms with Gasteiger partial charge in [-0.2, -0.15) is 0 Å². The first-order valence-electron chi connectivity index (χ1n) is 9.24. The quantitative estimate of drug-likeness (QED) is 0.470. The Morgan fingerprint density at radius 3 is 2.79 bits per heavy atom. The lowest BCUT2D eigenvalue weighted by Crippen LogP contribution is -2.22. The Kier molecular flexibility index (Phi) is 3.98. The summed E-state index contributed by atoms with van der Waals surface area (Å²) in [7, 11) is 1.97. The maximum Gasteiger partial charge on any atom is 0.270 e. The Labute approximate surface area is 165 Å². The number of hydrogen-bond acceptors (Lipinski definition) is 3. The minimum atomic E-state index is -0.358. The molecule has 5 nitrogen and oxygen atoms in total. The van der Waals surface area contributed by atoms with Gasteiger partial charge in [0.25, 0.3) is 5.56 Å². The number of nitrogens with zero attached hydrogens (tertiary/aromatic N) is 4. The van der Waals surface area contributed by atoms with Crippen LogP contribution in [-0.4, -0.2) is 19.1 Å². The average molecular weight is 384 g/mol. The first kappa shape index (κ1) is 17.3. The van der Waals surface area contributed by atoms with Gasteiger partial charge in [0, 0.05) is 36.6 Å². The van der Waals surface area contributed by atoms with Gasteiger partial charge in [0.2, 0.25) is 0 Å². The molecule has 0 atom stereocenters. The summed E-state index contributed by atoms with van der Waals surface area (Å²) in [5.74, 6) is -0.358. The van der Waals surface area contributed by atoms with Gasteiger partial charge in [0.1, 0.15) is 11.3 Å². The van der Waals surface area contributed by atoms with E-state index in [0.717, 1.165) is 21.9 Å². The molecule has 29 heavy (non-hydrogen) atoms. The first-order chi connectivity index (χ1) is 14.1. The SMILES string of the molecule is Cn1cc2cccc(-c3ccc(Cn4c(=O)cnc5cccnc54)c(F)c3)c2c1. The van der Waals surface area contributed by atoms with E-state index in [2.05, 4.69) is 9.97 Å². The molecule has 6 heteroatoms. The number of hydrogen-bond donors (Lipinski definition) is 0. The predicted molar refractivity (Wildman–Crippen MR) is 111 cm³/mol. The number of halogens is 1. The molecule has 0 saturated carbocycles. The van der Waals surface area contributed by atoms with E-state index >= 15 is 4.39 Å². The molecule has 0 radical (unpaired) electrons. The summed E-state index contributed by atoms with van der Waals surface area (Å²) in [4.78, 5) is 20.7. The molecule has 0 amide bonds. The van der Waals surface area contributed by atoms with Crippen molar-refractivity contribution in [2.45, 2.75) is 6.54 Å². The van der Waals surface area contributed by atoms with Gasteiger partial charge >= 0.3 is 0 Å². The molecule has 0 bridgehead atoms. The van der Waals surface area contributed by atoms with Crippen molar-refractivity contribution in [1.29, 1.82) is 0 Å². The molecule has 0 spiro atoms. The lowest BCUT2D eigenvalue weighted by Gasteiger charge is -2.11. The van der Waals surface area contributed by atoms with Gasteiger partial charge in [0.05, 0.1) is 12.7 Å². The van der Waals surface area contributed by atoms with Crippen LogP contribution in [-0.2, 0) is 13.6 Å². The van der Waals surface area contributed by atoms with Crippen LogP contribution in [0.25, 0.3) is 33.1 Å². The van der Waals surface area contributed by atoms with E-state index in [4.69, 9.17) is 0 Å². The lowest BCUT2D eigenvalue weighted by molar-refractivity contribution is 0.599. The van der Waals surface area contributed by atoms with E-state index in [9.17, 15) is 4.79 Å². The Balaban J connectivity index is 1.58. The van der Waals surface area contributed by atoms with E-state index < -0.39 is 0 Å². The summed E-state index contributed by atoms with van der Waals surface area (Å²) in [5, 5.41) is 2.18. The third kappa shape index (κ3) is 2.99. The van der Waals surface area contributed by atoms with Crippen LogP contribution in [0.4, 0.5) is 4.39 Å². The van der Waals surface area contributed by atoms with E-state index in [-0.39, 0.29) is 17.9 Å². The molecule has 0 aliphatic carbocycles. The number of fused-ring (bicyclic) bond motifs is 2. The molecule has 0 unspecified atom stereocenters. The summed E-state index contributed by atoms with van der Waals surface area (Å²) in [6, 6.07) is 14.7. The average Bonchev–Trinajstić information content (AvgIpc) is 3.11. The largest absolute Gasteiger partial charge is 0.356 e. The smallest absolute Gasteiger partial charge is 0.270 e. The maximum absolute atomic E-state index is 15.0. The molecule has 142 valence electrons. The molecule has 5 rings (SSSR count). The van der Waals surface area contributed by atoms with Gasteiger partial charge in [-0.25, -0.2) is 14.4 Å². The van der Waals surface area contributed by atoms with Crippen molar-refractivity contribution in [3.8, 4) is 11.1 Å². The van der Waals surface area contributed by atoms with Crippen molar-refractivity contribution >= 4 is 21.9 Å². The van der Waals surface area contributed by atoms with Crippen molar-refractivity contribution in [3.63, 3.8) is 0 Å². The molecular formula is C23H17FN4O. The van der Waals surface area contributed by atoms with Gasteiger partial charge in [0.15, 0.2) is 5.65 Å². The van der Waals surface area contributed by atoms with E-state index in [1.165, 1.54) is 16.8 Å². The van der Waals surface area contributed by atoms with Gasteiger partial charge < -0.3 is 4.57 Å². The lowest BCUT2D eigenvalue weighted by atomic mass is 9.99. The normalized spacial score (nSPS) is 11.4. The van der Waals surface area contributed by atoms with Crippen LogP contribution in [0.5, 0.6) is 0 Å². The zero-order valence-corrected chi connectivity index (χ0v) is 15.7. The van der Waals surface area contributed by atoms with Crippen molar-refractivity contribution in [2.75, 3.05) is 0 Å². The van der Waals surface area contributed by atoms with Gasteiger partial charge in [-0.15, -0.1) is 0 Å². The fourth-order valence-electron chi connectivity index (χ4n) is 3.71. The Hall–Kier alpha value is -3.80. The number of aromatic nitrogens is 4. The van der Waals surface area contributed by atoms with Crippen LogP contribution in [0.2, 0.25) is 0 Å². The Morgan fingerprint density at radius 2 is 1.93 bits per heavy atom. The topological polar surface area (TPSA) is 52.7 Å². The summed E-state index contributed by atoms with van der Waals surface area (Å²) >= 11 is 0. The molecule has 3 aromatic heterocycles. The minimum absolute atomic E-state index is 0.0938. The van der Waals surface area contributed by atoms with Crippen LogP contribution >= 0.6 is 0 Å². The van der Waals surface area contributed by atoms with Crippen molar-refractivity contribution in [1.82, 2.24) is 19.1 Å². The van der Waals surface area contributed by atoms with Crippen LogP contribution < -0.4 is 5.56 Å². The Morgan fingerprint density at radius 1 is 1.03 bits per heavy atom. The summed E-state index contributed by atoms with van der Waals surface area (Å²) in [6.07, 6.45) is 6.91. The fraction of sp³-hybridized carbons (Fsp3) is 0.0870. The molecule has 5 aromatic rings. The highest BCUT2D eigenvalue weighted by Gasteiger charge is 2.12. The van der Waals surface area contributed by atoms with Crippen molar-refractivity contribution in [3.05, 3.63) is 95.1 Å². The fourth-order valence-corrected chi connectivity index (χ4v) is 3.71. The highest BCUT2D eigenvalue weighted by Crippen LogP contribution is 2.30. The number of aryl methyl sites for hydroxylation is 1. The van der Waals surface area contributed by atoms with E-state index in [0.29, 0.717) is 16.7 Å². The number of rotatable bonds is 3. The third-order valence-electron chi connectivity index (χ3n) is 5.11. The summed E-state index contributed by atoms with van der Waals surface area (Å²) in [5.41, 5.74) is 2.93. The van der Waals surface area contributed by atoms with Crippen LogP contribution in [0.15, 0.2) is 78.1 Å². The second kappa shape index (κ2) is 6.67. The van der Waals surface area contributed by atoms with E-state index in [1.807, 2.05) is 48.3 Å². The first-order valence-corrected chi connectivity index (χ1v) is 9.24.